The largest absolute Gasteiger partial charge is 0.340 e. The normalized spacial score (nSPS) is 22.7. The fourth-order valence-electron chi connectivity index (χ4n) is 3.00. The number of ketones is 1. The zero-order valence-corrected chi connectivity index (χ0v) is 12.6. The zero-order valence-electron chi connectivity index (χ0n) is 11.8. The summed E-state index contributed by atoms with van der Waals surface area (Å²) in [5.74, 6) is 0.177. The van der Waals surface area contributed by atoms with E-state index in [4.69, 9.17) is 0 Å². The van der Waals surface area contributed by atoms with Crippen molar-refractivity contribution < 1.29 is 14.4 Å². The van der Waals surface area contributed by atoms with Crippen LogP contribution >= 0.6 is 11.3 Å². The number of amides is 2. The predicted octanol–water partition coefficient (Wildman–Crippen LogP) is 1.54. The maximum absolute atomic E-state index is 12.6. The number of thiophene rings is 1. The van der Waals surface area contributed by atoms with Crippen LogP contribution in [0.4, 0.5) is 0 Å². The van der Waals surface area contributed by atoms with Gasteiger partial charge in [0.05, 0.1) is 4.88 Å². The van der Waals surface area contributed by atoms with Crippen LogP contribution in [0.1, 0.15) is 35.4 Å². The van der Waals surface area contributed by atoms with E-state index in [9.17, 15) is 14.4 Å². The van der Waals surface area contributed by atoms with Crippen molar-refractivity contribution in [2.45, 2.75) is 31.7 Å². The van der Waals surface area contributed by atoms with E-state index in [1.807, 2.05) is 11.4 Å². The van der Waals surface area contributed by atoms with Gasteiger partial charge < -0.3 is 9.80 Å². The Morgan fingerprint density at radius 3 is 2.62 bits per heavy atom. The lowest BCUT2D eigenvalue weighted by molar-refractivity contribution is -0.138. The lowest BCUT2D eigenvalue weighted by Crippen LogP contribution is -2.50. The summed E-state index contributed by atoms with van der Waals surface area (Å²) < 4.78 is 0. The summed E-state index contributed by atoms with van der Waals surface area (Å²) in [6, 6.07) is 3.29. The highest BCUT2D eigenvalue weighted by Crippen LogP contribution is 2.24. The summed E-state index contributed by atoms with van der Waals surface area (Å²) >= 11 is 1.41. The highest BCUT2D eigenvalue weighted by atomic mass is 32.1. The highest BCUT2D eigenvalue weighted by molar-refractivity contribution is 7.12. The molecule has 2 aliphatic heterocycles. The van der Waals surface area contributed by atoms with Gasteiger partial charge in [0.25, 0.3) is 5.91 Å². The molecule has 2 fully saturated rings. The first-order valence-corrected chi connectivity index (χ1v) is 8.20. The molecule has 0 aliphatic carbocycles. The molecule has 1 aromatic rings. The van der Waals surface area contributed by atoms with Crippen LogP contribution in [0.15, 0.2) is 17.5 Å². The Morgan fingerprint density at radius 2 is 1.95 bits per heavy atom. The molecule has 0 aromatic carbocycles. The van der Waals surface area contributed by atoms with Crippen LogP contribution in [0, 0.1) is 0 Å². The van der Waals surface area contributed by atoms with Gasteiger partial charge >= 0.3 is 0 Å². The second-order valence-electron chi connectivity index (χ2n) is 5.50. The number of Topliss-reactive ketones (excluding diaryl/α,β-unsaturated/α-hetero) is 1. The van der Waals surface area contributed by atoms with Crippen molar-refractivity contribution in [2.24, 2.45) is 0 Å². The first-order valence-electron chi connectivity index (χ1n) is 7.32. The third-order valence-corrected chi connectivity index (χ3v) is 5.02. The van der Waals surface area contributed by atoms with Crippen LogP contribution in [-0.4, -0.2) is 53.1 Å². The molecule has 112 valence electrons. The minimum atomic E-state index is -0.354. The number of piperidine rings is 1. The summed E-state index contributed by atoms with van der Waals surface area (Å²) in [7, 11) is 0. The van der Waals surface area contributed by atoms with Gasteiger partial charge in [-0.2, -0.15) is 0 Å². The first kappa shape index (κ1) is 14.3. The van der Waals surface area contributed by atoms with Gasteiger partial charge in [-0.1, -0.05) is 6.07 Å². The standard InChI is InChI=1S/C15H18N2O3S/c18-11-5-8-16(9-6-11)14(19)12-3-1-7-17(12)15(20)13-4-2-10-21-13/h2,4,10,12H,1,3,5-9H2/t12-/m1/s1. The third-order valence-electron chi connectivity index (χ3n) is 4.16. The van der Waals surface area contributed by atoms with Gasteiger partial charge in [-0.25, -0.2) is 0 Å². The van der Waals surface area contributed by atoms with Gasteiger partial charge in [-0.3, -0.25) is 14.4 Å². The fraction of sp³-hybridized carbons (Fsp3) is 0.533. The van der Waals surface area contributed by atoms with E-state index in [2.05, 4.69) is 0 Å². The molecule has 0 saturated carbocycles. The Hall–Kier alpha value is -1.69. The van der Waals surface area contributed by atoms with Gasteiger partial charge in [-0.15, -0.1) is 11.3 Å². The van der Waals surface area contributed by atoms with E-state index in [1.165, 1.54) is 11.3 Å². The summed E-state index contributed by atoms with van der Waals surface area (Å²) in [4.78, 5) is 40.5. The van der Waals surface area contributed by atoms with E-state index in [0.717, 1.165) is 12.8 Å². The number of carbonyl (C=O) groups is 3. The molecule has 0 N–H and O–H groups in total. The Morgan fingerprint density at radius 1 is 1.19 bits per heavy atom. The molecule has 21 heavy (non-hydrogen) atoms. The maximum atomic E-state index is 12.6. The molecule has 0 unspecified atom stereocenters. The van der Waals surface area contributed by atoms with Crippen LogP contribution in [0.25, 0.3) is 0 Å². The summed E-state index contributed by atoms with van der Waals surface area (Å²) in [5, 5.41) is 1.87. The molecule has 6 heteroatoms. The number of rotatable bonds is 2. The summed E-state index contributed by atoms with van der Waals surface area (Å²) in [5.41, 5.74) is 0. The van der Waals surface area contributed by atoms with Crippen LogP contribution in [0.3, 0.4) is 0 Å². The summed E-state index contributed by atoms with van der Waals surface area (Å²) in [6.45, 7) is 1.63. The molecule has 0 spiro atoms. The van der Waals surface area contributed by atoms with Gasteiger partial charge in [0.15, 0.2) is 0 Å². The fourth-order valence-corrected chi connectivity index (χ4v) is 3.67. The van der Waals surface area contributed by atoms with Crippen LogP contribution in [0.5, 0.6) is 0 Å². The van der Waals surface area contributed by atoms with Crippen LogP contribution in [0.2, 0.25) is 0 Å². The second-order valence-corrected chi connectivity index (χ2v) is 6.45. The van der Waals surface area contributed by atoms with Crippen molar-refractivity contribution in [3.8, 4) is 0 Å². The van der Waals surface area contributed by atoms with Crippen molar-refractivity contribution in [3.63, 3.8) is 0 Å². The molecule has 3 rings (SSSR count). The average Bonchev–Trinajstić information content (AvgIpc) is 3.18. The SMILES string of the molecule is O=C1CCN(C(=O)[C@H]2CCCN2C(=O)c2cccs2)CC1. The second kappa shape index (κ2) is 5.97. The third kappa shape index (κ3) is 2.85. The average molecular weight is 306 g/mol. The topological polar surface area (TPSA) is 57.7 Å². The Kier molecular flexibility index (Phi) is 4.05. The Labute approximate surface area is 127 Å². The van der Waals surface area contributed by atoms with E-state index in [0.29, 0.717) is 37.4 Å². The molecule has 2 amide bonds. The number of hydrogen-bond acceptors (Lipinski definition) is 4. The first-order chi connectivity index (χ1) is 10.2. The predicted molar refractivity (Wildman–Crippen MR) is 79.2 cm³/mol. The van der Waals surface area contributed by atoms with Gasteiger partial charge in [0, 0.05) is 32.5 Å². The number of nitrogens with zero attached hydrogens (tertiary/aromatic N) is 2. The van der Waals surface area contributed by atoms with Gasteiger partial charge in [0.1, 0.15) is 11.8 Å². The smallest absolute Gasteiger partial charge is 0.264 e. The van der Waals surface area contributed by atoms with Gasteiger partial charge in [-0.05, 0) is 24.3 Å². The van der Waals surface area contributed by atoms with E-state index < -0.39 is 0 Å². The highest BCUT2D eigenvalue weighted by Gasteiger charge is 2.37. The minimum absolute atomic E-state index is 0.00454. The summed E-state index contributed by atoms with van der Waals surface area (Å²) in [6.07, 6.45) is 2.47. The van der Waals surface area contributed by atoms with E-state index in [1.54, 1.807) is 15.9 Å². The van der Waals surface area contributed by atoms with Crippen LogP contribution < -0.4 is 0 Å². The van der Waals surface area contributed by atoms with Crippen LogP contribution in [-0.2, 0) is 9.59 Å². The Balaban J connectivity index is 1.70. The molecular weight excluding hydrogens is 288 g/mol. The zero-order chi connectivity index (χ0) is 14.8. The number of likely N-dealkylation sites (tertiary alicyclic amines) is 2. The molecule has 2 saturated heterocycles. The molecule has 5 nitrogen and oxygen atoms in total. The molecule has 3 heterocycles. The van der Waals surface area contributed by atoms with Crippen molar-refractivity contribution in [2.75, 3.05) is 19.6 Å². The molecule has 1 aromatic heterocycles. The molecule has 2 aliphatic rings. The molecular formula is C15H18N2O3S. The molecule has 0 radical (unpaired) electrons. The van der Waals surface area contributed by atoms with E-state index in [-0.39, 0.29) is 23.6 Å². The quantitative estimate of drug-likeness (QED) is 0.833. The molecule has 0 bridgehead atoms. The lowest BCUT2D eigenvalue weighted by atomic mass is 10.1. The van der Waals surface area contributed by atoms with Crippen molar-refractivity contribution in [1.29, 1.82) is 0 Å². The van der Waals surface area contributed by atoms with Crippen molar-refractivity contribution >= 4 is 28.9 Å². The molecule has 1 atom stereocenters. The Bertz CT molecular complexity index is 545. The van der Waals surface area contributed by atoms with Gasteiger partial charge in [0.2, 0.25) is 5.91 Å². The lowest BCUT2D eigenvalue weighted by Gasteiger charge is -2.32. The van der Waals surface area contributed by atoms with E-state index >= 15 is 0 Å². The number of hydrogen-bond donors (Lipinski definition) is 0. The van der Waals surface area contributed by atoms with Crippen molar-refractivity contribution in [3.05, 3.63) is 22.4 Å². The van der Waals surface area contributed by atoms with Crippen molar-refractivity contribution in [1.82, 2.24) is 9.80 Å². The maximum Gasteiger partial charge on any atom is 0.264 e. The minimum Gasteiger partial charge on any atom is -0.340 e. The number of carbonyl (C=O) groups excluding carboxylic acids is 3. The monoisotopic (exact) mass is 306 g/mol.